The van der Waals surface area contributed by atoms with Crippen molar-refractivity contribution in [3.8, 4) is 28.8 Å². The van der Waals surface area contributed by atoms with Gasteiger partial charge in [-0.1, -0.05) is 25.0 Å². The molecular formula is C29H32FN5O4S. The molecule has 1 aromatic carbocycles. The fraction of sp³-hybridized carbons (Fsp3) is 0.448. The molecule has 1 amide bonds. The number of pyridine rings is 1. The highest BCUT2D eigenvalue weighted by Gasteiger charge is 2.47. The van der Waals surface area contributed by atoms with Crippen LogP contribution in [0.1, 0.15) is 50.2 Å². The maximum Gasteiger partial charge on any atom is 0.229 e. The molecule has 2 aromatic heterocycles. The highest BCUT2D eigenvalue weighted by atomic mass is 32.3. The van der Waals surface area contributed by atoms with Crippen LogP contribution >= 0.6 is 10.6 Å². The lowest BCUT2D eigenvalue weighted by Crippen LogP contribution is -2.42. The van der Waals surface area contributed by atoms with E-state index in [9.17, 15) is 23.6 Å². The molecule has 0 unspecified atom stereocenters. The quantitative estimate of drug-likeness (QED) is 0.354. The van der Waals surface area contributed by atoms with Crippen molar-refractivity contribution in [2.45, 2.75) is 50.0 Å². The maximum atomic E-state index is 14.7. The van der Waals surface area contributed by atoms with Crippen molar-refractivity contribution in [2.75, 3.05) is 29.5 Å². The van der Waals surface area contributed by atoms with Gasteiger partial charge in [0.25, 0.3) is 0 Å². The van der Waals surface area contributed by atoms with E-state index in [1.165, 1.54) is 12.3 Å². The average Bonchev–Trinajstić information content (AvgIpc) is 3.60. The number of carbonyl (C=O) groups excluding carboxylic acids is 1. The summed E-state index contributed by atoms with van der Waals surface area (Å²) in [5, 5.41) is 12.5. The van der Waals surface area contributed by atoms with Gasteiger partial charge in [0.15, 0.2) is 5.82 Å². The summed E-state index contributed by atoms with van der Waals surface area (Å²) in [7, 11) is -2.49. The van der Waals surface area contributed by atoms with Crippen LogP contribution in [0.4, 0.5) is 10.1 Å². The summed E-state index contributed by atoms with van der Waals surface area (Å²) < 4.78 is 40.9. The first kappa shape index (κ1) is 26.7. The van der Waals surface area contributed by atoms with Crippen LogP contribution in [0.25, 0.3) is 22.7 Å². The summed E-state index contributed by atoms with van der Waals surface area (Å²) >= 11 is 0. The summed E-state index contributed by atoms with van der Waals surface area (Å²) in [4.78, 5) is 24.1. The van der Waals surface area contributed by atoms with E-state index in [2.05, 4.69) is 21.3 Å². The lowest BCUT2D eigenvalue weighted by molar-refractivity contribution is -0.127. The standard InChI is InChI=1S/C29H32FN5O4S/c30-24-17-32-12-9-23(24)28-33-25(19-5-7-20(8-6-19)35-13-15-40(37,38)16-14-35)26(39-28)21-3-1-2-4-22(21)27(36)34-29(18-31)10-11-29/h5-9,12,17,21-22,37-38H,1-4,10-11,13-16H2,(H,34,36)/t21-,22-/m1/s1. The minimum absolute atomic E-state index is 0.135. The number of hydrogen-bond donors (Lipinski definition) is 3. The molecule has 1 aliphatic heterocycles. The highest BCUT2D eigenvalue weighted by molar-refractivity contribution is 8.24. The van der Waals surface area contributed by atoms with E-state index < -0.39 is 21.9 Å². The monoisotopic (exact) mass is 565 g/mol. The van der Waals surface area contributed by atoms with E-state index in [1.54, 1.807) is 0 Å². The largest absolute Gasteiger partial charge is 0.440 e. The molecule has 2 aliphatic carbocycles. The van der Waals surface area contributed by atoms with Gasteiger partial charge in [-0.05, 0) is 43.9 Å². The zero-order chi connectivity index (χ0) is 27.9. The lowest BCUT2D eigenvalue weighted by Gasteiger charge is -2.41. The molecule has 9 nitrogen and oxygen atoms in total. The normalized spacial score (nSPS) is 24.1. The second-order valence-corrected chi connectivity index (χ2v) is 13.4. The molecule has 3 aliphatic rings. The number of oxazole rings is 1. The van der Waals surface area contributed by atoms with Crippen LogP contribution in [-0.4, -0.2) is 55.1 Å². The third-order valence-electron chi connectivity index (χ3n) is 8.30. The van der Waals surface area contributed by atoms with Crippen molar-refractivity contribution in [1.29, 1.82) is 5.26 Å². The number of amides is 1. The molecule has 3 fully saturated rings. The van der Waals surface area contributed by atoms with Crippen LogP contribution in [-0.2, 0) is 4.79 Å². The number of rotatable bonds is 6. The topological polar surface area (TPSA) is 136 Å². The minimum atomic E-state index is -2.49. The first-order valence-electron chi connectivity index (χ1n) is 13.7. The number of aromatic nitrogens is 2. The fourth-order valence-electron chi connectivity index (χ4n) is 5.75. The van der Waals surface area contributed by atoms with E-state index in [1.807, 2.05) is 24.3 Å². The van der Waals surface area contributed by atoms with Gasteiger partial charge in [0.05, 0.1) is 29.3 Å². The van der Waals surface area contributed by atoms with E-state index >= 15 is 0 Å². The van der Waals surface area contributed by atoms with Gasteiger partial charge in [-0.2, -0.15) is 15.9 Å². The van der Waals surface area contributed by atoms with Crippen molar-refractivity contribution in [3.05, 3.63) is 54.3 Å². The fourth-order valence-corrected chi connectivity index (χ4v) is 6.98. The summed E-state index contributed by atoms with van der Waals surface area (Å²) in [6.45, 7) is 1.12. The molecule has 0 radical (unpaired) electrons. The maximum absolute atomic E-state index is 14.7. The Bertz CT molecular complexity index is 1440. The summed E-state index contributed by atoms with van der Waals surface area (Å²) in [5.41, 5.74) is 1.75. The second kappa shape index (κ2) is 10.5. The highest BCUT2D eigenvalue weighted by Crippen LogP contribution is 2.45. The molecule has 2 atom stereocenters. The van der Waals surface area contributed by atoms with Gasteiger partial charge < -0.3 is 14.6 Å². The predicted molar refractivity (Wildman–Crippen MR) is 150 cm³/mol. The first-order valence-corrected chi connectivity index (χ1v) is 15.6. The molecular weight excluding hydrogens is 533 g/mol. The number of benzene rings is 1. The number of hydrogen-bond acceptors (Lipinski definition) is 8. The molecule has 210 valence electrons. The smallest absolute Gasteiger partial charge is 0.229 e. The third-order valence-corrected chi connectivity index (χ3v) is 9.98. The molecule has 3 heterocycles. The molecule has 6 rings (SSSR count). The van der Waals surface area contributed by atoms with Gasteiger partial charge in [0.2, 0.25) is 11.8 Å². The molecule has 0 spiro atoms. The number of halogens is 1. The van der Waals surface area contributed by atoms with E-state index in [0.29, 0.717) is 55.3 Å². The molecule has 1 saturated heterocycles. The Labute approximate surface area is 233 Å². The number of nitrogens with zero attached hydrogens (tertiary/aromatic N) is 4. The van der Waals surface area contributed by atoms with Gasteiger partial charge in [-0.15, -0.1) is 0 Å². The van der Waals surface area contributed by atoms with Crippen LogP contribution in [0.2, 0.25) is 0 Å². The number of anilines is 1. The zero-order valence-electron chi connectivity index (χ0n) is 22.1. The second-order valence-electron chi connectivity index (χ2n) is 11.0. The molecule has 3 aromatic rings. The Morgan fingerprint density at radius 3 is 2.55 bits per heavy atom. The van der Waals surface area contributed by atoms with E-state index in [-0.39, 0.29) is 29.2 Å². The van der Waals surface area contributed by atoms with Crippen molar-refractivity contribution < 1.29 is 22.7 Å². The van der Waals surface area contributed by atoms with E-state index in [0.717, 1.165) is 36.7 Å². The molecule has 2 saturated carbocycles. The number of nitrogens with one attached hydrogen (secondary N) is 1. The first-order chi connectivity index (χ1) is 19.3. The van der Waals surface area contributed by atoms with Crippen LogP contribution in [0.3, 0.4) is 0 Å². The van der Waals surface area contributed by atoms with Gasteiger partial charge in [0, 0.05) is 42.4 Å². The summed E-state index contributed by atoms with van der Waals surface area (Å²) in [5.74, 6) is 0.0427. The zero-order valence-corrected chi connectivity index (χ0v) is 22.9. The Morgan fingerprint density at radius 1 is 1.15 bits per heavy atom. The molecule has 0 bridgehead atoms. The summed E-state index contributed by atoms with van der Waals surface area (Å²) in [6, 6.07) is 11.6. The SMILES string of the molecule is N#CC1(NC(=O)[C@@H]2CCCC[C@H]2c2oc(-c3ccncc3F)nc2-c2ccc(N3CCS(O)(O)CC3)cc2)CC1. The Morgan fingerprint density at radius 2 is 1.88 bits per heavy atom. The number of nitriles is 1. The average molecular weight is 566 g/mol. The van der Waals surface area contributed by atoms with Crippen molar-refractivity contribution in [2.24, 2.45) is 5.92 Å². The van der Waals surface area contributed by atoms with Crippen molar-refractivity contribution >= 4 is 22.2 Å². The Hall–Kier alpha value is -3.46. The van der Waals surface area contributed by atoms with Crippen molar-refractivity contribution in [1.82, 2.24) is 15.3 Å². The molecule has 40 heavy (non-hydrogen) atoms. The van der Waals surface area contributed by atoms with Gasteiger partial charge >= 0.3 is 0 Å². The summed E-state index contributed by atoms with van der Waals surface area (Å²) in [6.07, 6.45) is 7.14. The Kier molecular flexibility index (Phi) is 7.02. The van der Waals surface area contributed by atoms with Gasteiger partial charge in [0.1, 0.15) is 17.0 Å². The van der Waals surface area contributed by atoms with Crippen LogP contribution < -0.4 is 10.2 Å². The van der Waals surface area contributed by atoms with Gasteiger partial charge in [-0.25, -0.2) is 9.37 Å². The minimum Gasteiger partial charge on any atom is -0.440 e. The number of carbonyl (C=O) groups is 1. The van der Waals surface area contributed by atoms with Gasteiger partial charge in [-0.3, -0.25) is 18.9 Å². The molecule has 11 heteroatoms. The Balaban J connectivity index is 1.35. The molecule has 3 N–H and O–H groups in total. The predicted octanol–water partition coefficient (Wildman–Crippen LogP) is 5.56. The van der Waals surface area contributed by atoms with E-state index in [4.69, 9.17) is 9.40 Å². The van der Waals surface area contributed by atoms with Crippen LogP contribution in [0.15, 0.2) is 47.1 Å². The lowest BCUT2D eigenvalue weighted by atomic mass is 9.76. The van der Waals surface area contributed by atoms with Crippen LogP contribution in [0.5, 0.6) is 0 Å². The van der Waals surface area contributed by atoms with Crippen molar-refractivity contribution in [3.63, 3.8) is 0 Å². The van der Waals surface area contributed by atoms with Crippen LogP contribution in [0, 0.1) is 23.1 Å². The third kappa shape index (κ3) is 5.31.